The summed E-state index contributed by atoms with van der Waals surface area (Å²) >= 11 is 1.55. The van der Waals surface area contributed by atoms with E-state index in [-0.39, 0.29) is 0 Å². The lowest BCUT2D eigenvalue weighted by Gasteiger charge is -1.93. The van der Waals surface area contributed by atoms with E-state index in [1.165, 1.54) is 0 Å². The van der Waals surface area contributed by atoms with Crippen LogP contribution in [0.2, 0.25) is 0 Å². The molecule has 0 atom stereocenters. The summed E-state index contributed by atoms with van der Waals surface area (Å²) in [7, 11) is 0. The summed E-state index contributed by atoms with van der Waals surface area (Å²) in [5.41, 5.74) is 0. The van der Waals surface area contributed by atoms with Crippen molar-refractivity contribution in [3.8, 4) is 0 Å². The minimum atomic E-state index is 0.836. The molecule has 0 aliphatic rings. The second-order valence-electron chi connectivity index (χ2n) is 1.48. The number of hydrogen-bond donors (Lipinski definition) is 0. The Labute approximate surface area is 57.6 Å². The SMILES string of the molecule is CCn1nnnc1SC. The van der Waals surface area contributed by atoms with Gasteiger partial charge < -0.3 is 0 Å². The first-order valence-electron chi connectivity index (χ1n) is 2.68. The van der Waals surface area contributed by atoms with E-state index in [1.807, 2.05) is 13.2 Å². The second-order valence-corrected chi connectivity index (χ2v) is 2.25. The molecule has 0 amide bonds. The molecular weight excluding hydrogens is 136 g/mol. The van der Waals surface area contributed by atoms with Gasteiger partial charge in [0, 0.05) is 6.54 Å². The van der Waals surface area contributed by atoms with Crippen LogP contribution in [0.4, 0.5) is 0 Å². The molecule has 9 heavy (non-hydrogen) atoms. The van der Waals surface area contributed by atoms with Gasteiger partial charge in [0.2, 0.25) is 5.16 Å². The Bertz CT molecular complexity index is 166. The molecule has 0 N–H and O–H groups in total. The molecule has 0 aromatic carbocycles. The lowest BCUT2D eigenvalue weighted by molar-refractivity contribution is 0.582. The van der Waals surface area contributed by atoms with Gasteiger partial charge in [-0.05, 0) is 23.6 Å². The zero-order valence-electron chi connectivity index (χ0n) is 5.40. The van der Waals surface area contributed by atoms with Crippen LogP contribution >= 0.6 is 11.8 Å². The molecule has 5 heteroatoms. The summed E-state index contributed by atoms with van der Waals surface area (Å²) < 4.78 is 1.75. The average Bonchev–Trinajstić information content (AvgIpc) is 2.33. The minimum Gasteiger partial charge on any atom is -0.221 e. The molecule has 0 aliphatic carbocycles. The fraction of sp³-hybridized carbons (Fsp3) is 0.750. The lowest BCUT2D eigenvalue weighted by atomic mass is 10.8. The number of nitrogens with zero attached hydrogens (tertiary/aromatic N) is 4. The third-order valence-corrected chi connectivity index (χ3v) is 1.64. The van der Waals surface area contributed by atoms with Crippen LogP contribution in [0.3, 0.4) is 0 Å². The van der Waals surface area contributed by atoms with Crippen LogP contribution in [0.1, 0.15) is 6.92 Å². The highest BCUT2D eigenvalue weighted by molar-refractivity contribution is 7.98. The first-order valence-corrected chi connectivity index (χ1v) is 3.91. The maximum absolute atomic E-state index is 3.77. The predicted octanol–water partition coefficient (Wildman–Crippen LogP) is 0.415. The van der Waals surface area contributed by atoms with Crippen molar-refractivity contribution in [3.05, 3.63) is 0 Å². The summed E-state index contributed by atoms with van der Waals surface area (Å²) in [6, 6.07) is 0. The van der Waals surface area contributed by atoms with Crippen LogP contribution in [-0.2, 0) is 6.54 Å². The van der Waals surface area contributed by atoms with Crippen LogP contribution in [0.5, 0.6) is 0 Å². The van der Waals surface area contributed by atoms with Gasteiger partial charge in [0.05, 0.1) is 0 Å². The predicted molar refractivity (Wildman–Crippen MR) is 35.3 cm³/mol. The summed E-state index contributed by atoms with van der Waals surface area (Å²) in [4.78, 5) is 0. The quantitative estimate of drug-likeness (QED) is 0.564. The fourth-order valence-electron chi connectivity index (χ4n) is 0.541. The van der Waals surface area contributed by atoms with E-state index in [1.54, 1.807) is 16.4 Å². The second kappa shape index (κ2) is 2.82. The van der Waals surface area contributed by atoms with Crippen LogP contribution in [0.15, 0.2) is 5.16 Å². The highest BCUT2D eigenvalue weighted by Crippen LogP contribution is 2.06. The normalized spacial score (nSPS) is 10.0. The van der Waals surface area contributed by atoms with E-state index in [0.29, 0.717) is 0 Å². The molecule has 50 valence electrons. The zero-order valence-corrected chi connectivity index (χ0v) is 6.22. The van der Waals surface area contributed by atoms with Gasteiger partial charge in [0.15, 0.2) is 0 Å². The molecule has 0 saturated carbocycles. The molecule has 1 rings (SSSR count). The average molecular weight is 144 g/mol. The number of hydrogen-bond acceptors (Lipinski definition) is 4. The molecular formula is C4H8N4S. The summed E-state index contributed by atoms with van der Waals surface area (Å²) in [6.07, 6.45) is 1.96. The van der Waals surface area contributed by atoms with Crippen molar-refractivity contribution in [1.82, 2.24) is 20.2 Å². The molecule has 0 saturated heterocycles. The van der Waals surface area contributed by atoms with Gasteiger partial charge in [-0.3, -0.25) is 0 Å². The lowest BCUT2D eigenvalue weighted by Crippen LogP contribution is -1.97. The number of thioether (sulfide) groups is 1. The summed E-state index contributed by atoms with van der Waals surface area (Å²) in [5, 5.41) is 11.9. The Morgan fingerprint density at radius 2 is 2.44 bits per heavy atom. The van der Waals surface area contributed by atoms with Gasteiger partial charge >= 0.3 is 0 Å². The molecule has 1 aromatic heterocycles. The molecule has 1 aromatic rings. The summed E-state index contributed by atoms with van der Waals surface area (Å²) in [6.45, 7) is 2.85. The Hall–Kier alpha value is -0.580. The van der Waals surface area contributed by atoms with Crippen molar-refractivity contribution in [2.24, 2.45) is 0 Å². The third-order valence-electron chi connectivity index (χ3n) is 0.981. The standard InChI is InChI=1S/C4H8N4S/c1-3-8-4(9-2)5-6-7-8/h3H2,1-2H3. The van der Waals surface area contributed by atoms with Crippen molar-refractivity contribution in [2.45, 2.75) is 18.6 Å². The zero-order chi connectivity index (χ0) is 6.69. The number of tetrazole rings is 1. The van der Waals surface area contributed by atoms with Crippen molar-refractivity contribution in [2.75, 3.05) is 6.26 Å². The molecule has 4 nitrogen and oxygen atoms in total. The molecule has 0 spiro atoms. The van der Waals surface area contributed by atoms with Gasteiger partial charge in [-0.2, -0.15) is 0 Å². The van der Waals surface area contributed by atoms with E-state index in [0.717, 1.165) is 11.7 Å². The van der Waals surface area contributed by atoms with E-state index in [2.05, 4.69) is 15.5 Å². The van der Waals surface area contributed by atoms with Crippen LogP contribution in [0.25, 0.3) is 0 Å². The summed E-state index contributed by atoms with van der Waals surface area (Å²) in [5.74, 6) is 0. The van der Waals surface area contributed by atoms with Gasteiger partial charge in [-0.25, -0.2) is 4.68 Å². The molecule has 0 aliphatic heterocycles. The van der Waals surface area contributed by atoms with Gasteiger partial charge in [-0.1, -0.05) is 11.8 Å². The van der Waals surface area contributed by atoms with Crippen LogP contribution in [0, 0.1) is 0 Å². The Balaban J connectivity index is 2.85. The topological polar surface area (TPSA) is 43.6 Å². The Morgan fingerprint density at radius 1 is 1.67 bits per heavy atom. The fourth-order valence-corrected chi connectivity index (χ4v) is 1.04. The van der Waals surface area contributed by atoms with Crippen LogP contribution in [-0.4, -0.2) is 26.5 Å². The van der Waals surface area contributed by atoms with E-state index in [9.17, 15) is 0 Å². The van der Waals surface area contributed by atoms with E-state index < -0.39 is 0 Å². The van der Waals surface area contributed by atoms with E-state index >= 15 is 0 Å². The highest BCUT2D eigenvalue weighted by Gasteiger charge is 1.98. The maximum Gasteiger partial charge on any atom is 0.209 e. The smallest absolute Gasteiger partial charge is 0.209 e. The van der Waals surface area contributed by atoms with Crippen LogP contribution < -0.4 is 0 Å². The first kappa shape index (κ1) is 6.54. The van der Waals surface area contributed by atoms with Crippen molar-refractivity contribution < 1.29 is 0 Å². The monoisotopic (exact) mass is 144 g/mol. The Kier molecular flexibility index (Phi) is 2.05. The molecule has 1 heterocycles. The number of aryl methyl sites for hydroxylation is 1. The maximum atomic E-state index is 3.77. The van der Waals surface area contributed by atoms with Crippen molar-refractivity contribution >= 4 is 11.8 Å². The minimum absolute atomic E-state index is 0.836. The van der Waals surface area contributed by atoms with Gasteiger partial charge in [0.25, 0.3) is 0 Å². The molecule has 0 unspecified atom stereocenters. The van der Waals surface area contributed by atoms with E-state index in [4.69, 9.17) is 0 Å². The number of rotatable bonds is 2. The molecule has 0 fully saturated rings. The largest absolute Gasteiger partial charge is 0.221 e. The van der Waals surface area contributed by atoms with Gasteiger partial charge in [0.1, 0.15) is 0 Å². The van der Waals surface area contributed by atoms with Gasteiger partial charge in [-0.15, -0.1) is 5.10 Å². The highest BCUT2D eigenvalue weighted by atomic mass is 32.2. The number of aromatic nitrogens is 4. The third kappa shape index (κ3) is 1.21. The van der Waals surface area contributed by atoms with Crippen molar-refractivity contribution in [1.29, 1.82) is 0 Å². The molecule has 0 radical (unpaired) electrons. The first-order chi connectivity index (χ1) is 4.38. The Morgan fingerprint density at radius 3 is 2.89 bits per heavy atom. The molecule has 0 bridgehead atoms. The van der Waals surface area contributed by atoms with Crippen molar-refractivity contribution in [3.63, 3.8) is 0 Å².